The lowest BCUT2D eigenvalue weighted by Crippen LogP contribution is -2.14. The Balaban J connectivity index is 1.92. The lowest BCUT2D eigenvalue weighted by atomic mass is 10.2. The number of nitrogens with zero attached hydrogens (tertiary/aromatic N) is 2. The van der Waals surface area contributed by atoms with E-state index >= 15 is 0 Å². The summed E-state index contributed by atoms with van der Waals surface area (Å²) in [6.07, 6.45) is 1.26. The van der Waals surface area contributed by atoms with Crippen LogP contribution in [0.2, 0.25) is 5.02 Å². The minimum atomic E-state index is -0.305. The van der Waals surface area contributed by atoms with Gasteiger partial charge in [-0.05, 0) is 23.8 Å². The Kier molecular flexibility index (Phi) is 3.48. The molecule has 0 saturated heterocycles. The number of hydrogen-bond acceptors (Lipinski definition) is 4. The van der Waals surface area contributed by atoms with Gasteiger partial charge in [0.15, 0.2) is 5.82 Å². The molecule has 2 rings (SSSR count). The summed E-state index contributed by atoms with van der Waals surface area (Å²) in [6, 6.07) is 4.25. The van der Waals surface area contributed by atoms with E-state index in [-0.39, 0.29) is 5.82 Å². The maximum Gasteiger partial charge on any atom is 0.213 e. The third-order valence-corrected chi connectivity index (χ3v) is 2.38. The maximum absolute atomic E-state index is 12.9. The van der Waals surface area contributed by atoms with Crippen LogP contribution in [-0.4, -0.2) is 10.1 Å². The van der Waals surface area contributed by atoms with Crippen molar-refractivity contribution in [3.63, 3.8) is 0 Å². The number of benzene rings is 1. The zero-order valence-electron chi connectivity index (χ0n) is 8.28. The summed E-state index contributed by atoms with van der Waals surface area (Å²) in [6.45, 7) is 0.897. The summed E-state index contributed by atoms with van der Waals surface area (Å²) in [5, 5.41) is 7.20. The van der Waals surface area contributed by atoms with Crippen LogP contribution in [0.15, 0.2) is 29.1 Å². The lowest BCUT2D eigenvalue weighted by molar-refractivity contribution is 0.407. The Morgan fingerprint density at radius 2 is 2.25 bits per heavy atom. The summed E-state index contributed by atoms with van der Waals surface area (Å²) in [5.41, 5.74) is 0.699. The van der Waals surface area contributed by atoms with Crippen LogP contribution in [0.25, 0.3) is 0 Å². The van der Waals surface area contributed by atoms with Gasteiger partial charge in [0, 0.05) is 11.6 Å². The van der Waals surface area contributed by atoms with Crippen LogP contribution in [0.3, 0.4) is 0 Å². The molecule has 0 radical (unpaired) electrons. The fourth-order valence-corrected chi connectivity index (χ4v) is 1.44. The Bertz CT molecular complexity index is 461. The summed E-state index contributed by atoms with van der Waals surface area (Å²) in [5.74, 6) is 0.244. The SMILES string of the molecule is Fc1ccc(Cl)c(CNCc2ncon2)c1. The molecule has 2 aromatic rings. The van der Waals surface area contributed by atoms with Crippen LogP contribution in [-0.2, 0) is 13.1 Å². The third-order valence-electron chi connectivity index (χ3n) is 2.01. The summed E-state index contributed by atoms with van der Waals surface area (Å²) in [7, 11) is 0. The number of rotatable bonds is 4. The first-order valence-electron chi connectivity index (χ1n) is 4.65. The number of nitrogens with one attached hydrogen (secondary N) is 1. The van der Waals surface area contributed by atoms with E-state index in [2.05, 4.69) is 20.0 Å². The van der Waals surface area contributed by atoms with Gasteiger partial charge in [-0.2, -0.15) is 4.98 Å². The van der Waals surface area contributed by atoms with E-state index in [1.807, 2.05) is 0 Å². The normalized spacial score (nSPS) is 10.6. The second-order valence-electron chi connectivity index (χ2n) is 3.19. The van der Waals surface area contributed by atoms with Crippen molar-refractivity contribution in [1.29, 1.82) is 0 Å². The summed E-state index contributed by atoms with van der Waals surface area (Å²) >= 11 is 5.90. The predicted octanol–water partition coefficient (Wildman–Crippen LogP) is 2.15. The van der Waals surface area contributed by atoms with E-state index in [1.54, 1.807) is 0 Å². The largest absolute Gasteiger partial charge is 0.343 e. The van der Waals surface area contributed by atoms with Crippen LogP contribution in [0.5, 0.6) is 0 Å². The first-order chi connectivity index (χ1) is 7.75. The molecule has 1 N–H and O–H groups in total. The molecular weight excluding hydrogens is 233 g/mol. The fraction of sp³-hybridized carbons (Fsp3) is 0.200. The highest BCUT2D eigenvalue weighted by Gasteiger charge is 2.03. The van der Waals surface area contributed by atoms with Gasteiger partial charge in [-0.3, -0.25) is 0 Å². The van der Waals surface area contributed by atoms with Gasteiger partial charge in [0.25, 0.3) is 0 Å². The smallest absolute Gasteiger partial charge is 0.213 e. The molecule has 1 heterocycles. The van der Waals surface area contributed by atoms with Crippen molar-refractivity contribution in [2.24, 2.45) is 0 Å². The van der Waals surface area contributed by atoms with Crippen molar-refractivity contribution in [1.82, 2.24) is 15.5 Å². The highest BCUT2D eigenvalue weighted by atomic mass is 35.5. The average molecular weight is 242 g/mol. The quantitative estimate of drug-likeness (QED) is 0.891. The maximum atomic E-state index is 12.9. The predicted molar refractivity (Wildman–Crippen MR) is 56.3 cm³/mol. The van der Waals surface area contributed by atoms with Gasteiger partial charge in [0.1, 0.15) is 5.82 Å². The Labute approximate surface area is 96.4 Å². The van der Waals surface area contributed by atoms with Gasteiger partial charge < -0.3 is 9.84 Å². The molecule has 0 aliphatic rings. The molecule has 6 heteroatoms. The third kappa shape index (κ3) is 2.77. The van der Waals surface area contributed by atoms with Gasteiger partial charge in [-0.1, -0.05) is 16.8 Å². The number of halogens is 2. The first-order valence-corrected chi connectivity index (χ1v) is 5.03. The minimum Gasteiger partial charge on any atom is -0.343 e. The Morgan fingerprint density at radius 3 is 3.00 bits per heavy atom. The molecule has 4 nitrogen and oxygen atoms in total. The highest BCUT2D eigenvalue weighted by molar-refractivity contribution is 6.31. The van der Waals surface area contributed by atoms with Gasteiger partial charge >= 0.3 is 0 Å². The number of aromatic nitrogens is 2. The average Bonchev–Trinajstić information content (AvgIpc) is 2.76. The zero-order chi connectivity index (χ0) is 11.4. The van der Waals surface area contributed by atoms with E-state index < -0.39 is 0 Å². The summed E-state index contributed by atoms with van der Waals surface area (Å²) < 4.78 is 17.5. The van der Waals surface area contributed by atoms with Crippen molar-refractivity contribution < 1.29 is 8.91 Å². The standard InChI is InChI=1S/C10H9ClFN3O/c11-9-2-1-8(12)3-7(9)4-13-5-10-14-6-16-15-10/h1-3,6,13H,4-5H2. The Morgan fingerprint density at radius 1 is 1.38 bits per heavy atom. The molecule has 0 aliphatic carbocycles. The van der Waals surface area contributed by atoms with Crippen LogP contribution in [0, 0.1) is 5.82 Å². The van der Waals surface area contributed by atoms with Crippen molar-refractivity contribution in [3.8, 4) is 0 Å². The lowest BCUT2D eigenvalue weighted by Gasteiger charge is -2.04. The first kappa shape index (κ1) is 11.0. The van der Waals surface area contributed by atoms with Gasteiger partial charge in [-0.25, -0.2) is 4.39 Å². The molecule has 0 spiro atoms. The zero-order valence-corrected chi connectivity index (χ0v) is 9.04. The van der Waals surface area contributed by atoms with E-state index in [9.17, 15) is 4.39 Å². The van der Waals surface area contributed by atoms with Crippen LogP contribution in [0.1, 0.15) is 11.4 Å². The van der Waals surface area contributed by atoms with Crippen molar-refractivity contribution in [2.45, 2.75) is 13.1 Å². The molecule has 16 heavy (non-hydrogen) atoms. The summed E-state index contributed by atoms with van der Waals surface area (Å²) in [4.78, 5) is 3.84. The van der Waals surface area contributed by atoms with Gasteiger partial charge in [0.2, 0.25) is 6.39 Å². The molecule has 0 atom stereocenters. The second kappa shape index (κ2) is 5.05. The van der Waals surface area contributed by atoms with Crippen molar-refractivity contribution in [3.05, 3.63) is 46.8 Å². The van der Waals surface area contributed by atoms with Crippen LogP contribution >= 0.6 is 11.6 Å². The molecule has 1 aromatic heterocycles. The van der Waals surface area contributed by atoms with Gasteiger partial charge in [0.05, 0.1) is 6.54 Å². The Hall–Kier alpha value is -1.46. The molecule has 1 aromatic carbocycles. The molecule has 0 fully saturated rings. The monoisotopic (exact) mass is 241 g/mol. The molecule has 0 saturated carbocycles. The van der Waals surface area contributed by atoms with Crippen molar-refractivity contribution >= 4 is 11.6 Å². The molecular formula is C10H9ClFN3O. The minimum absolute atomic E-state index is 0.305. The van der Waals surface area contributed by atoms with Crippen molar-refractivity contribution in [2.75, 3.05) is 0 Å². The molecule has 84 valence electrons. The molecule has 0 unspecified atom stereocenters. The molecule has 0 bridgehead atoms. The highest BCUT2D eigenvalue weighted by Crippen LogP contribution is 2.16. The van der Waals surface area contributed by atoms with Gasteiger partial charge in [-0.15, -0.1) is 0 Å². The molecule has 0 amide bonds. The number of hydrogen-bond donors (Lipinski definition) is 1. The second-order valence-corrected chi connectivity index (χ2v) is 3.59. The van der Waals surface area contributed by atoms with Crippen LogP contribution < -0.4 is 5.32 Å². The topological polar surface area (TPSA) is 51.0 Å². The van der Waals surface area contributed by atoms with E-state index in [0.29, 0.717) is 29.5 Å². The van der Waals surface area contributed by atoms with Crippen LogP contribution in [0.4, 0.5) is 4.39 Å². The van der Waals surface area contributed by atoms with E-state index in [0.717, 1.165) is 0 Å². The van der Waals surface area contributed by atoms with E-state index in [4.69, 9.17) is 11.6 Å². The fourth-order valence-electron chi connectivity index (χ4n) is 1.26. The van der Waals surface area contributed by atoms with E-state index in [1.165, 1.54) is 24.6 Å². The molecule has 0 aliphatic heterocycles.